The fourth-order valence-electron chi connectivity index (χ4n) is 1.92. The van der Waals surface area contributed by atoms with Crippen LogP contribution in [-0.2, 0) is 6.54 Å². The molecule has 0 radical (unpaired) electrons. The van der Waals surface area contributed by atoms with Gasteiger partial charge < -0.3 is 10.2 Å². The smallest absolute Gasteiger partial charge is 0.0442 e. The number of hydrogen-bond donors (Lipinski definition) is 1. The van der Waals surface area contributed by atoms with E-state index < -0.39 is 0 Å². The zero-order valence-corrected chi connectivity index (χ0v) is 11.9. The van der Waals surface area contributed by atoms with Crippen molar-refractivity contribution in [2.45, 2.75) is 33.2 Å². The minimum Gasteiger partial charge on any atom is -0.374 e. The molecule has 1 aromatic rings. The van der Waals surface area contributed by atoms with Gasteiger partial charge in [-0.3, -0.25) is 4.98 Å². The third kappa shape index (κ3) is 4.49. The molecule has 0 aliphatic heterocycles. The predicted molar refractivity (Wildman–Crippen MR) is 79.1 cm³/mol. The fraction of sp³-hybridized carbons (Fsp3) is 0.533. The van der Waals surface area contributed by atoms with E-state index in [0.29, 0.717) is 0 Å². The van der Waals surface area contributed by atoms with Crippen LogP contribution in [0.5, 0.6) is 0 Å². The number of nitrogens with zero attached hydrogens (tertiary/aromatic N) is 2. The summed E-state index contributed by atoms with van der Waals surface area (Å²) in [5.41, 5.74) is 3.62. The van der Waals surface area contributed by atoms with Gasteiger partial charge in [0, 0.05) is 43.3 Å². The summed E-state index contributed by atoms with van der Waals surface area (Å²) >= 11 is 0. The maximum Gasteiger partial charge on any atom is 0.0442 e. The third-order valence-corrected chi connectivity index (χ3v) is 2.98. The number of allylic oxidation sites excluding steroid dienone is 1. The Morgan fingerprint density at radius 1 is 1.50 bits per heavy atom. The number of pyridine rings is 1. The van der Waals surface area contributed by atoms with Crippen molar-refractivity contribution in [3.05, 3.63) is 36.2 Å². The van der Waals surface area contributed by atoms with Crippen LogP contribution in [0.2, 0.25) is 0 Å². The van der Waals surface area contributed by atoms with Crippen LogP contribution in [0.1, 0.15) is 31.0 Å². The van der Waals surface area contributed by atoms with Crippen LogP contribution in [0.25, 0.3) is 0 Å². The molecule has 0 spiro atoms. The highest BCUT2D eigenvalue weighted by Crippen LogP contribution is 2.20. The van der Waals surface area contributed by atoms with E-state index >= 15 is 0 Å². The van der Waals surface area contributed by atoms with Crippen molar-refractivity contribution in [3.8, 4) is 0 Å². The lowest BCUT2D eigenvalue weighted by Crippen LogP contribution is -2.22. The highest BCUT2D eigenvalue weighted by Gasteiger charge is 2.08. The number of anilines is 1. The number of aromatic nitrogens is 1. The average Bonchev–Trinajstić information content (AvgIpc) is 2.37. The van der Waals surface area contributed by atoms with E-state index in [-0.39, 0.29) is 0 Å². The van der Waals surface area contributed by atoms with Crippen molar-refractivity contribution < 1.29 is 0 Å². The van der Waals surface area contributed by atoms with Crippen molar-refractivity contribution in [2.75, 3.05) is 25.0 Å². The van der Waals surface area contributed by atoms with Crippen molar-refractivity contribution in [2.24, 2.45) is 0 Å². The normalized spacial score (nSPS) is 10.4. The van der Waals surface area contributed by atoms with Gasteiger partial charge in [-0.25, -0.2) is 0 Å². The lowest BCUT2D eigenvalue weighted by molar-refractivity contribution is 0.716. The van der Waals surface area contributed by atoms with Crippen LogP contribution < -0.4 is 10.2 Å². The Hall–Kier alpha value is -1.35. The summed E-state index contributed by atoms with van der Waals surface area (Å²) in [5.74, 6) is 0. The summed E-state index contributed by atoms with van der Waals surface area (Å²) in [6.07, 6.45) is 6.17. The SMILES string of the molecule is C=CCCCN(C)c1cc(C)ncc1CNCC. The molecule has 18 heavy (non-hydrogen) atoms. The van der Waals surface area contributed by atoms with Crippen molar-refractivity contribution in [1.82, 2.24) is 10.3 Å². The molecule has 0 unspecified atom stereocenters. The van der Waals surface area contributed by atoms with E-state index in [9.17, 15) is 0 Å². The molecule has 1 N–H and O–H groups in total. The van der Waals surface area contributed by atoms with Crippen LogP contribution in [0.4, 0.5) is 5.69 Å². The molecule has 3 nitrogen and oxygen atoms in total. The van der Waals surface area contributed by atoms with Gasteiger partial charge >= 0.3 is 0 Å². The highest BCUT2D eigenvalue weighted by atomic mass is 15.1. The molecule has 1 rings (SSSR count). The van der Waals surface area contributed by atoms with E-state index in [1.54, 1.807) is 0 Å². The Morgan fingerprint density at radius 2 is 2.28 bits per heavy atom. The van der Waals surface area contributed by atoms with Crippen molar-refractivity contribution in [1.29, 1.82) is 0 Å². The van der Waals surface area contributed by atoms with Gasteiger partial charge in [0.1, 0.15) is 0 Å². The van der Waals surface area contributed by atoms with E-state index in [4.69, 9.17) is 0 Å². The summed E-state index contributed by atoms with van der Waals surface area (Å²) in [5, 5.41) is 3.36. The lowest BCUT2D eigenvalue weighted by Gasteiger charge is -2.22. The van der Waals surface area contributed by atoms with Gasteiger partial charge in [0.25, 0.3) is 0 Å². The quantitative estimate of drug-likeness (QED) is 0.565. The first-order valence-electron chi connectivity index (χ1n) is 6.67. The summed E-state index contributed by atoms with van der Waals surface area (Å²) < 4.78 is 0. The number of hydrogen-bond acceptors (Lipinski definition) is 3. The standard InChI is InChI=1S/C15H25N3/c1-5-7-8-9-18(4)15-10-13(3)17-12-14(15)11-16-6-2/h5,10,12,16H,1,6-9,11H2,2-4H3. The van der Waals surface area contributed by atoms with Crippen LogP contribution in [0.3, 0.4) is 0 Å². The minimum atomic E-state index is 0.880. The second kappa shape index (κ2) is 7.88. The lowest BCUT2D eigenvalue weighted by atomic mass is 10.1. The van der Waals surface area contributed by atoms with Crippen LogP contribution in [-0.4, -0.2) is 25.1 Å². The van der Waals surface area contributed by atoms with E-state index in [0.717, 1.165) is 38.2 Å². The molecule has 100 valence electrons. The van der Waals surface area contributed by atoms with Crippen LogP contribution in [0.15, 0.2) is 24.9 Å². The summed E-state index contributed by atoms with van der Waals surface area (Å²) in [6, 6.07) is 2.17. The van der Waals surface area contributed by atoms with Gasteiger partial charge in [0.2, 0.25) is 0 Å². The van der Waals surface area contributed by atoms with Crippen molar-refractivity contribution in [3.63, 3.8) is 0 Å². The van der Waals surface area contributed by atoms with Gasteiger partial charge in [-0.2, -0.15) is 0 Å². The molecule has 3 heteroatoms. The molecule has 0 bridgehead atoms. The fourth-order valence-corrected chi connectivity index (χ4v) is 1.92. The zero-order valence-electron chi connectivity index (χ0n) is 11.9. The molecule has 0 saturated heterocycles. The molecule has 1 aromatic heterocycles. The maximum atomic E-state index is 4.39. The average molecular weight is 247 g/mol. The zero-order chi connectivity index (χ0) is 13.4. The molecular formula is C15H25N3. The van der Waals surface area contributed by atoms with Crippen LogP contribution >= 0.6 is 0 Å². The largest absolute Gasteiger partial charge is 0.374 e. The van der Waals surface area contributed by atoms with Gasteiger partial charge in [0.15, 0.2) is 0 Å². The second-order valence-electron chi connectivity index (χ2n) is 4.59. The Bertz CT molecular complexity index is 374. The summed E-state index contributed by atoms with van der Waals surface area (Å²) in [4.78, 5) is 6.70. The number of unbranched alkanes of at least 4 members (excludes halogenated alkanes) is 1. The molecule has 0 aromatic carbocycles. The Kier molecular flexibility index (Phi) is 6.44. The second-order valence-corrected chi connectivity index (χ2v) is 4.59. The molecule has 0 fully saturated rings. The molecule has 0 aliphatic carbocycles. The highest BCUT2D eigenvalue weighted by molar-refractivity contribution is 5.53. The molecule has 0 atom stereocenters. The van der Waals surface area contributed by atoms with Crippen molar-refractivity contribution >= 4 is 5.69 Å². The Balaban J connectivity index is 2.76. The summed E-state index contributed by atoms with van der Waals surface area (Å²) in [6.45, 7) is 10.8. The number of aryl methyl sites for hydroxylation is 1. The van der Waals surface area contributed by atoms with Crippen LogP contribution in [0, 0.1) is 6.92 Å². The predicted octanol–water partition coefficient (Wildman–Crippen LogP) is 2.90. The number of nitrogens with one attached hydrogen (secondary N) is 1. The first-order chi connectivity index (χ1) is 8.69. The van der Waals surface area contributed by atoms with E-state index in [2.05, 4.69) is 41.8 Å². The van der Waals surface area contributed by atoms with Gasteiger partial charge in [-0.1, -0.05) is 13.0 Å². The van der Waals surface area contributed by atoms with E-state index in [1.807, 2.05) is 19.2 Å². The van der Waals surface area contributed by atoms with Gasteiger partial charge in [0.05, 0.1) is 0 Å². The topological polar surface area (TPSA) is 28.2 Å². The molecule has 1 heterocycles. The number of rotatable bonds is 8. The van der Waals surface area contributed by atoms with Gasteiger partial charge in [-0.15, -0.1) is 6.58 Å². The third-order valence-electron chi connectivity index (χ3n) is 2.98. The Morgan fingerprint density at radius 3 is 2.94 bits per heavy atom. The molecule has 0 aliphatic rings. The first kappa shape index (κ1) is 14.7. The molecule has 0 amide bonds. The van der Waals surface area contributed by atoms with E-state index in [1.165, 1.54) is 11.3 Å². The maximum absolute atomic E-state index is 4.39. The monoisotopic (exact) mass is 247 g/mol. The first-order valence-corrected chi connectivity index (χ1v) is 6.67. The molecule has 0 saturated carbocycles. The van der Waals surface area contributed by atoms with Gasteiger partial charge in [-0.05, 0) is 32.4 Å². The minimum absolute atomic E-state index is 0.880. The summed E-state index contributed by atoms with van der Waals surface area (Å²) in [7, 11) is 2.15. The Labute approximate surface area is 111 Å². The molecular weight excluding hydrogens is 222 g/mol.